The predicted octanol–water partition coefficient (Wildman–Crippen LogP) is 12.7. The Balaban J connectivity index is 0.774. The highest BCUT2D eigenvalue weighted by Gasteiger charge is 2.49. The minimum absolute atomic E-state index is 0.0957. The van der Waals surface area contributed by atoms with E-state index in [9.17, 15) is 0 Å². The van der Waals surface area contributed by atoms with Gasteiger partial charge in [-0.15, -0.1) is 11.8 Å². The third-order valence-corrected chi connectivity index (χ3v) is 14.7. The van der Waals surface area contributed by atoms with Crippen LogP contribution in [0, 0.1) is 0 Å². The molecule has 8 aromatic rings. The molecule has 4 nitrogen and oxygen atoms in total. The number of nitrogens with zero attached hydrogens (tertiary/aromatic N) is 3. The minimum atomic E-state index is 0.0957. The fourth-order valence-electron chi connectivity index (χ4n) is 10.3. The molecule has 284 valence electrons. The molecule has 13 rings (SSSR count). The first-order valence-electron chi connectivity index (χ1n) is 21.0. The van der Waals surface area contributed by atoms with Gasteiger partial charge in [0.15, 0.2) is 0 Å². The number of aliphatic imine (C=N–C) groups is 1. The number of fused-ring (bicyclic) bond motifs is 11. The molecule has 0 spiro atoms. The number of dihydropyridines is 1. The van der Waals surface area contributed by atoms with Crippen LogP contribution < -0.4 is 5.32 Å². The fourth-order valence-corrected chi connectivity index (χ4v) is 11.8. The second kappa shape index (κ2) is 13.4. The summed E-state index contributed by atoms with van der Waals surface area (Å²) >= 11 is 2.00. The Morgan fingerprint density at radius 2 is 1.28 bits per heavy atom. The number of aromatic nitrogens is 2. The molecule has 1 aromatic heterocycles. The Morgan fingerprint density at radius 3 is 2.13 bits per heavy atom. The largest absolute Gasteiger partial charge is 0.300 e. The Morgan fingerprint density at radius 1 is 0.583 bits per heavy atom. The maximum atomic E-state index is 5.23. The Kier molecular flexibility index (Phi) is 7.66. The highest BCUT2D eigenvalue weighted by molar-refractivity contribution is 8.01. The number of thioether (sulfide) groups is 1. The van der Waals surface area contributed by atoms with Crippen molar-refractivity contribution in [2.24, 2.45) is 4.99 Å². The topological polar surface area (TPSA) is 60.1 Å². The SMILES string of the molecule is C1=NC(C2=CC=C(C3=CCCC(c4ccc(-c5cnc6c7ccccc7c7ccccc7c6n5)cc4)=C3)[C@@H]3NC23)C2Sc3c(cccc3-c3cccc4ccccc34)C2=C1. The van der Waals surface area contributed by atoms with Crippen molar-refractivity contribution in [2.45, 2.75) is 41.1 Å². The summed E-state index contributed by atoms with van der Waals surface area (Å²) in [5, 5.41) is 11.4. The van der Waals surface area contributed by atoms with Crippen molar-refractivity contribution in [3.63, 3.8) is 0 Å². The van der Waals surface area contributed by atoms with Crippen LogP contribution in [0.25, 0.3) is 76.9 Å². The van der Waals surface area contributed by atoms with Crippen molar-refractivity contribution in [2.75, 3.05) is 0 Å². The van der Waals surface area contributed by atoms with Crippen LogP contribution in [-0.2, 0) is 0 Å². The lowest BCUT2D eigenvalue weighted by molar-refractivity contribution is 0.770. The van der Waals surface area contributed by atoms with Crippen molar-refractivity contribution in [3.8, 4) is 22.4 Å². The van der Waals surface area contributed by atoms with Gasteiger partial charge in [-0.25, -0.2) is 4.98 Å². The van der Waals surface area contributed by atoms with Crippen LogP contribution in [0.3, 0.4) is 0 Å². The molecule has 3 aliphatic heterocycles. The van der Waals surface area contributed by atoms with E-state index in [0.717, 1.165) is 45.9 Å². The molecule has 2 aliphatic carbocycles. The third-order valence-electron chi connectivity index (χ3n) is 13.2. The van der Waals surface area contributed by atoms with Gasteiger partial charge in [0.2, 0.25) is 0 Å². The minimum Gasteiger partial charge on any atom is -0.300 e. The number of hydrogen-bond acceptors (Lipinski definition) is 5. The number of rotatable bonds is 5. The van der Waals surface area contributed by atoms with E-state index in [1.165, 1.54) is 76.6 Å². The molecule has 0 radical (unpaired) electrons. The summed E-state index contributed by atoms with van der Waals surface area (Å²) in [6.45, 7) is 0. The number of hydrogen-bond donors (Lipinski definition) is 1. The zero-order valence-corrected chi connectivity index (χ0v) is 33.5. The molecule has 60 heavy (non-hydrogen) atoms. The zero-order valence-electron chi connectivity index (χ0n) is 32.7. The Hall–Kier alpha value is -6.66. The molecule has 5 heteroatoms. The van der Waals surface area contributed by atoms with Crippen LogP contribution in [0.1, 0.15) is 24.0 Å². The number of nitrogens with one attached hydrogen (secondary N) is 1. The average Bonchev–Trinajstić information content (AvgIpc) is 4.04. The van der Waals surface area contributed by atoms with Crippen molar-refractivity contribution in [1.29, 1.82) is 0 Å². The lowest BCUT2D eigenvalue weighted by Gasteiger charge is -2.27. The molecule has 0 saturated carbocycles. The Labute approximate surface area is 352 Å². The first kappa shape index (κ1) is 34.2. The molecule has 4 atom stereocenters. The predicted molar refractivity (Wildman–Crippen MR) is 251 cm³/mol. The van der Waals surface area contributed by atoms with E-state index in [1.54, 1.807) is 0 Å². The quantitative estimate of drug-likeness (QED) is 0.139. The number of allylic oxidation sites excluding steroid dienone is 6. The van der Waals surface area contributed by atoms with Gasteiger partial charge in [-0.3, -0.25) is 15.3 Å². The summed E-state index contributed by atoms with van der Waals surface area (Å²) < 4.78 is 0. The molecule has 1 fully saturated rings. The van der Waals surface area contributed by atoms with Crippen LogP contribution in [0.5, 0.6) is 0 Å². The first-order valence-corrected chi connectivity index (χ1v) is 21.9. The number of benzene rings is 7. The highest BCUT2D eigenvalue weighted by Crippen LogP contribution is 2.54. The van der Waals surface area contributed by atoms with Crippen LogP contribution in [0.4, 0.5) is 0 Å². The lowest BCUT2D eigenvalue weighted by atomic mass is 9.83. The molecule has 5 aliphatic rings. The van der Waals surface area contributed by atoms with Crippen LogP contribution in [0.2, 0.25) is 0 Å². The van der Waals surface area contributed by atoms with Gasteiger partial charge >= 0.3 is 0 Å². The smallest absolute Gasteiger partial charge is 0.0979 e. The summed E-state index contributed by atoms with van der Waals surface area (Å²) in [6.07, 6.45) is 17.9. The molecular weight excluding hydrogens is 749 g/mol. The van der Waals surface area contributed by atoms with E-state index < -0.39 is 0 Å². The van der Waals surface area contributed by atoms with Crippen LogP contribution in [0.15, 0.2) is 197 Å². The van der Waals surface area contributed by atoms with Crippen molar-refractivity contribution < 1.29 is 0 Å². The lowest BCUT2D eigenvalue weighted by Crippen LogP contribution is -2.29. The van der Waals surface area contributed by atoms with Crippen molar-refractivity contribution in [1.82, 2.24) is 15.3 Å². The van der Waals surface area contributed by atoms with Gasteiger partial charge in [-0.2, -0.15) is 0 Å². The molecule has 4 heterocycles. The molecule has 7 aromatic carbocycles. The van der Waals surface area contributed by atoms with E-state index in [1.807, 2.05) is 18.0 Å². The van der Waals surface area contributed by atoms with Gasteiger partial charge in [0.05, 0.1) is 46.3 Å². The maximum absolute atomic E-state index is 5.23. The molecular formula is C55H38N4S. The zero-order chi connectivity index (χ0) is 39.3. The van der Waals surface area contributed by atoms with E-state index in [2.05, 4.69) is 175 Å². The Bertz CT molecular complexity index is 3310. The average molecular weight is 787 g/mol. The fraction of sp³-hybridized carbons (Fsp3) is 0.109. The summed E-state index contributed by atoms with van der Waals surface area (Å²) in [7, 11) is 0. The van der Waals surface area contributed by atoms with E-state index >= 15 is 0 Å². The van der Waals surface area contributed by atoms with E-state index in [4.69, 9.17) is 15.0 Å². The van der Waals surface area contributed by atoms with Crippen molar-refractivity contribution >= 4 is 72.5 Å². The van der Waals surface area contributed by atoms with E-state index in [0.29, 0.717) is 12.1 Å². The first-order chi connectivity index (χ1) is 29.7. The third kappa shape index (κ3) is 5.32. The van der Waals surface area contributed by atoms with Gasteiger partial charge in [0.25, 0.3) is 0 Å². The van der Waals surface area contributed by atoms with Gasteiger partial charge in [0, 0.05) is 27.4 Å². The summed E-state index contributed by atoms with van der Waals surface area (Å²) in [5.41, 5.74) is 16.0. The summed E-state index contributed by atoms with van der Waals surface area (Å²) in [4.78, 5) is 16.8. The monoisotopic (exact) mass is 786 g/mol. The second-order valence-corrected chi connectivity index (χ2v) is 17.7. The van der Waals surface area contributed by atoms with Gasteiger partial charge in [-0.05, 0) is 90.6 Å². The van der Waals surface area contributed by atoms with Gasteiger partial charge in [-0.1, -0.05) is 158 Å². The van der Waals surface area contributed by atoms with Crippen LogP contribution >= 0.6 is 11.8 Å². The van der Waals surface area contributed by atoms with Crippen molar-refractivity contribution in [3.05, 3.63) is 198 Å². The maximum Gasteiger partial charge on any atom is 0.0979 e. The molecule has 1 saturated heterocycles. The summed E-state index contributed by atoms with van der Waals surface area (Å²) in [6, 6.07) is 48.9. The standard InChI is InChI=1S/C55H38N4S/c1-2-14-37-33(10-1)11-8-19-39(37)44-20-9-21-45-46-28-29-56-53(55(46)60-54(44)45)47-27-26-38(50-52(47)59-50)36-13-7-12-35(30-36)32-22-24-34(25-23-32)48-31-57-49-42-17-5-3-15-40(42)41-16-4-6-18-43(41)51(49)58-48/h1-6,8-11,13-31,50,52-53,55,59H,7,12H2/t50-,52?,53?,55?/m0/s1. The van der Waals surface area contributed by atoms with Gasteiger partial charge < -0.3 is 0 Å². The van der Waals surface area contributed by atoms with E-state index in [-0.39, 0.29) is 11.3 Å². The van der Waals surface area contributed by atoms with Gasteiger partial charge in [0.1, 0.15) is 0 Å². The molecule has 1 N–H and O–H groups in total. The molecule has 0 amide bonds. The second-order valence-electron chi connectivity index (χ2n) is 16.5. The normalized spacial score (nSPS) is 21.5. The van der Waals surface area contributed by atoms with Crippen LogP contribution in [-0.4, -0.2) is 39.6 Å². The summed E-state index contributed by atoms with van der Waals surface area (Å²) in [5.74, 6) is 0. The molecule has 3 unspecified atom stereocenters. The highest BCUT2D eigenvalue weighted by atomic mass is 32.2. The molecule has 0 bridgehead atoms.